The number of nitrogens with one attached hydrogen (secondary N) is 2. The van der Waals surface area contributed by atoms with Crippen molar-refractivity contribution in [3.05, 3.63) is 63.6 Å². The van der Waals surface area contributed by atoms with Crippen molar-refractivity contribution in [3.8, 4) is 5.75 Å². The van der Waals surface area contributed by atoms with Crippen LogP contribution >= 0.6 is 23.2 Å². The van der Waals surface area contributed by atoms with Crippen LogP contribution in [-0.2, 0) is 13.2 Å². The molecule has 2 rings (SSSR count). The number of benzene rings is 2. The summed E-state index contributed by atoms with van der Waals surface area (Å²) in [4.78, 5) is 0. The summed E-state index contributed by atoms with van der Waals surface area (Å²) in [5.74, 6) is 0.810. The van der Waals surface area contributed by atoms with Gasteiger partial charge in [-0.1, -0.05) is 35.3 Å². The van der Waals surface area contributed by atoms with Crippen molar-refractivity contribution in [3.63, 3.8) is 0 Å². The van der Waals surface area contributed by atoms with Crippen molar-refractivity contribution >= 4 is 23.2 Å². The smallest absolute Gasteiger partial charge is 0.124 e. The number of hydrogen-bond acceptors (Lipinski definition) is 4. The Morgan fingerprint density at radius 1 is 0.875 bits per heavy atom. The van der Waals surface area contributed by atoms with Crippen LogP contribution in [0.15, 0.2) is 42.5 Å². The van der Waals surface area contributed by atoms with Gasteiger partial charge in [-0.15, -0.1) is 0 Å². The lowest BCUT2D eigenvalue weighted by Gasteiger charge is -2.13. The van der Waals surface area contributed by atoms with Crippen LogP contribution in [0.4, 0.5) is 0 Å². The lowest BCUT2D eigenvalue weighted by Crippen LogP contribution is -2.28. The molecule has 130 valence electrons. The fourth-order valence-corrected chi connectivity index (χ4v) is 2.49. The largest absolute Gasteiger partial charge is 0.489 e. The Hall–Kier alpha value is -1.30. The fourth-order valence-electron chi connectivity index (χ4n) is 2.17. The van der Waals surface area contributed by atoms with Gasteiger partial charge in [0.2, 0.25) is 0 Å². The second-order valence-electron chi connectivity index (χ2n) is 5.32. The van der Waals surface area contributed by atoms with Crippen molar-refractivity contribution in [2.75, 3.05) is 26.2 Å². The van der Waals surface area contributed by atoms with Gasteiger partial charge in [0, 0.05) is 41.8 Å². The van der Waals surface area contributed by atoms with E-state index in [-0.39, 0.29) is 6.61 Å². The first-order valence-electron chi connectivity index (χ1n) is 7.87. The van der Waals surface area contributed by atoms with Crippen molar-refractivity contribution in [2.45, 2.75) is 13.2 Å². The standard InChI is InChI=1S/C18H22Cl2N2O2/c19-16-3-1-14(2-4-16)13-24-18-6-5-17(20)11-15(18)12-22-8-7-21-9-10-23/h1-6,11,21-23H,7-10,12-13H2. The Kier molecular flexibility index (Phi) is 8.36. The molecule has 0 saturated carbocycles. The highest BCUT2D eigenvalue weighted by Gasteiger charge is 2.05. The first kappa shape index (κ1) is 19.0. The van der Waals surface area contributed by atoms with Gasteiger partial charge < -0.3 is 20.5 Å². The van der Waals surface area contributed by atoms with E-state index in [4.69, 9.17) is 33.0 Å². The van der Waals surface area contributed by atoms with Gasteiger partial charge in [-0.2, -0.15) is 0 Å². The zero-order valence-electron chi connectivity index (χ0n) is 13.4. The molecule has 0 aliphatic carbocycles. The molecule has 0 atom stereocenters. The van der Waals surface area contributed by atoms with Crippen LogP contribution < -0.4 is 15.4 Å². The predicted octanol–water partition coefficient (Wildman–Crippen LogP) is 3.24. The molecule has 4 nitrogen and oxygen atoms in total. The second kappa shape index (κ2) is 10.5. The van der Waals surface area contributed by atoms with Gasteiger partial charge in [0.05, 0.1) is 6.61 Å². The molecule has 0 aliphatic heterocycles. The number of hydrogen-bond donors (Lipinski definition) is 3. The lowest BCUT2D eigenvalue weighted by atomic mass is 10.2. The molecular weight excluding hydrogens is 347 g/mol. The lowest BCUT2D eigenvalue weighted by molar-refractivity contribution is 0.292. The van der Waals surface area contributed by atoms with Crippen LogP contribution in [0.1, 0.15) is 11.1 Å². The Bertz CT molecular complexity index is 621. The monoisotopic (exact) mass is 368 g/mol. The van der Waals surface area contributed by atoms with Gasteiger partial charge in [-0.3, -0.25) is 0 Å². The molecule has 2 aromatic rings. The van der Waals surface area contributed by atoms with E-state index in [0.29, 0.717) is 29.7 Å². The molecule has 0 heterocycles. The van der Waals surface area contributed by atoms with Crippen molar-refractivity contribution < 1.29 is 9.84 Å². The van der Waals surface area contributed by atoms with Crippen LogP contribution in [0.3, 0.4) is 0 Å². The van der Waals surface area contributed by atoms with Crippen molar-refractivity contribution in [2.24, 2.45) is 0 Å². The third kappa shape index (κ3) is 6.67. The molecule has 0 unspecified atom stereocenters. The van der Waals surface area contributed by atoms with E-state index < -0.39 is 0 Å². The molecule has 3 N–H and O–H groups in total. The first-order chi connectivity index (χ1) is 11.7. The van der Waals surface area contributed by atoms with Gasteiger partial charge in [-0.05, 0) is 35.9 Å². The molecule has 0 fully saturated rings. The van der Waals surface area contributed by atoms with Gasteiger partial charge >= 0.3 is 0 Å². The van der Waals surface area contributed by atoms with Gasteiger partial charge in [0.1, 0.15) is 12.4 Å². The average Bonchev–Trinajstić information content (AvgIpc) is 2.58. The number of halogens is 2. The number of aliphatic hydroxyl groups excluding tert-OH is 1. The average molecular weight is 369 g/mol. The van der Waals surface area contributed by atoms with E-state index in [1.807, 2.05) is 42.5 Å². The minimum Gasteiger partial charge on any atom is -0.489 e. The molecule has 2 aromatic carbocycles. The second-order valence-corrected chi connectivity index (χ2v) is 6.19. The Labute approximate surface area is 152 Å². The summed E-state index contributed by atoms with van der Waals surface area (Å²) in [6.07, 6.45) is 0. The number of rotatable bonds is 10. The summed E-state index contributed by atoms with van der Waals surface area (Å²) in [5.41, 5.74) is 2.07. The third-order valence-corrected chi connectivity index (χ3v) is 3.90. The minimum absolute atomic E-state index is 0.150. The Morgan fingerprint density at radius 3 is 2.33 bits per heavy atom. The molecule has 0 bridgehead atoms. The van der Waals surface area contributed by atoms with Crippen LogP contribution in [0, 0.1) is 0 Å². The molecule has 0 radical (unpaired) electrons. The summed E-state index contributed by atoms with van der Waals surface area (Å²) in [7, 11) is 0. The summed E-state index contributed by atoms with van der Waals surface area (Å²) in [5, 5.41) is 16.6. The maximum Gasteiger partial charge on any atom is 0.124 e. The topological polar surface area (TPSA) is 53.5 Å². The Balaban J connectivity index is 1.88. The zero-order valence-corrected chi connectivity index (χ0v) is 14.9. The molecular formula is C18H22Cl2N2O2. The summed E-state index contributed by atoms with van der Waals surface area (Å²) in [6.45, 7) is 3.48. The zero-order chi connectivity index (χ0) is 17.2. The Morgan fingerprint density at radius 2 is 1.58 bits per heavy atom. The first-order valence-corrected chi connectivity index (χ1v) is 8.62. The maximum absolute atomic E-state index is 8.71. The highest BCUT2D eigenvalue weighted by Crippen LogP contribution is 2.24. The summed E-state index contributed by atoms with van der Waals surface area (Å²) < 4.78 is 5.92. The fraction of sp³-hybridized carbons (Fsp3) is 0.333. The maximum atomic E-state index is 8.71. The summed E-state index contributed by atoms with van der Waals surface area (Å²) >= 11 is 12.0. The van der Waals surface area contributed by atoms with E-state index >= 15 is 0 Å². The highest BCUT2D eigenvalue weighted by molar-refractivity contribution is 6.30. The van der Waals surface area contributed by atoms with E-state index in [2.05, 4.69) is 10.6 Å². The molecule has 24 heavy (non-hydrogen) atoms. The molecule has 0 aliphatic rings. The van der Waals surface area contributed by atoms with Gasteiger partial charge in [-0.25, -0.2) is 0 Å². The van der Waals surface area contributed by atoms with Crippen molar-refractivity contribution in [1.29, 1.82) is 0 Å². The van der Waals surface area contributed by atoms with Crippen LogP contribution in [-0.4, -0.2) is 31.3 Å². The molecule has 0 amide bonds. The van der Waals surface area contributed by atoms with Gasteiger partial charge in [0.15, 0.2) is 0 Å². The van der Waals surface area contributed by atoms with E-state index in [9.17, 15) is 0 Å². The SMILES string of the molecule is OCCNCCNCc1cc(Cl)ccc1OCc1ccc(Cl)cc1. The van der Waals surface area contributed by atoms with Crippen molar-refractivity contribution in [1.82, 2.24) is 10.6 Å². The minimum atomic E-state index is 0.150. The number of aliphatic hydroxyl groups is 1. The number of ether oxygens (including phenoxy) is 1. The highest BCUT2D eigenvalue weighted by atomic mass is 35.5. The van der Waals surface area contributed by atoms with E-state index in [1.165, 1.54) is 0 Å². The molecule has 0 aromatic heterocycles. The summed E-state index contributed by atoms with van der Waals surface area (Å²) in [6, 6.07) is 13.2. The third-order valence-electron chi connectivity index (χ3n) is 3.41. The molecule has 6 heteroatoms. The predicted molar refractivity (Wildman–Crippen MR) is 98.9 cm³/mol. The van der Waals surface area contributed by atoms with Crippen LogP contribution in [0.25, 0.3) is 0 Å². The molecule has 0 saturated heterocycles. The van der Waals surface area contributed by atoms with E-state index in [0.717, 1.165) is 30.0 Å². The van der Waals surface area contributed by atoms with Crippen LogP contribution in [0.5, 0.6) is 5.75 Å². The normalized spacial score (nSPS) is 10.8. The molecule has 0 spiro atoms. The van der Waals surface area contributed by atoms with Crippen LogP contribution in [0.2, 0.25) is 10.0 Å². The van der Waals surface area contributed by atoms with Gasteiger partial charge in [0.25, 0.3) is 0 Å². The van der Waals surface area contributed by atoms with E-state index in [1.54, 1.807) is 0 Å². The quantitative estimate of drug-likeness (QED) is 0.563.